The van der Waals surface area contributed by atoms with E-state index in [1.54, 1.807) is 12.3 Å². The predicted octanol–water partition coefficient (Wildman–Crippen LogP) is 4.96. The normalized spacial score (nSPS) is 11.5. The van der Waals surface area contributed by atoms with Crippen LogP contribution in [0.1, 0.15) is 26.5 Å². The van der Waals surface area contributed by atoms with Crippen LogP contribution in [0.5, 0.6) is 0 Å². The maximum atomic E-state index is 12.2. The molecule has 3 aromatic heterocycles. The molecule has 0 fully saturated rings. The minimum absolute atomic E-state index is 0.170. The van der Waals surface area contributed by atoms with Crippen LogP contribution < -0.4 is 10.6 Å². The molecule has 2 amide bonds. The number of nitrogens with one attached hydrogen (secondary N) is 2. The smallest absolute Gasteiger partial charge is 0.324 e. The molecule has 0 unspecified atom stereocenters. The third-order valence-corrected chi connectivity index (χ3v) is 4.34. The number of anilines is 2. The van der Waals surface area contributed by atoms with Crippen LogP contribution in [0.25, 0.3) is 16.7 Å². The molecule has 4 aromatic rings. The predicted molar refractivity (Wildman–Crippen MR) is 109 cm³/mol. The highest BCUT2D eigenvalue weighted by atomic mass is 16.5. The molecule has 28 heavy (non-hydrogen) atoms. The van der Waals surface area contributed by atoms with E-state index in [2.05, 4.69) is 20.8 Å². The van der Waals surface area contributed by atoms with E-state index in [0.717, 1.165) is 16.7 Å². The lowest BCUT2D eigenvalue weighted by atomic mass is 9.93. The Bertz CT molecular complexity index is 1120. The van der Waals surface area contributed by atoms with Crippen molar-refractivity contribution in [3.8, 4) is 5.69 Å². The van der Waals surface area contributed by atoms with E-state index in [1.165, 1.54) is 0 Å². The summed E-state index contributed by atoms with van der Waals surface area (Å²) in [7, 11) is 0. The molecule has 0 aliphatic carbocycles. The van der Waals surface area contributed by atoms with Gasteiger partial charge in [0.2, 0.25) is 0 Å². The second-order valence-corrected chi connectivity index (χ2v) is 7.55. The Balaban J connectivity index is 1.44. The van der Waals surface area contributed by atoms with Crippen LogP contribution in [0.3, 0.4) is 0 Å². The monoisotopic (exact) mass is 375 g/mol. The maximum absolute atomic E-state index is 12.2. The number of benzene rings is 1. The van der Waals surface area contributed by atoms with Crippen LogP contribution in [0.2, 0.25) is 0 Å². The topological polar surface area (TPSA) is 85.0 Å². The fourth-order valence-electron chi connectivity index (χ4n) is 2.85. The lowest BCUT2D eigenvalue weighted by Gasteiger charge is -2.12. The number of hydrogen-bond donors (Lipinski definition) is 2. The molecule has 3 heterocycles. The van der Waals surface area contributed by atoms with Gasteiger partial charge in [0.05, 0.1) is 0 Å². The number of hydrogen-bond acceptors (Lipinski definition) is 4. The molecule has 7 heteroatoms. The van der Waals surface area contributed by atoms with Gasteiger partial charge >= 0.3 is 6.03 Å². The number of amides is 2. The van der Waals surface area contributed by atoms with Crippen molar-refractivity contribution in [1.29, 1.82) is 0 Å². The molecule has 0 spiro atoms. The summed E-state index contributed by atoms with van der Waals surface area (Å²) < 4.78 is 7.27. The van der Waals surface area contributed by atoms with Gasteiger partial charge in [-0.3, -0.25) is 5.32 Å². The molecular weight excluding hydrogens is 354 g/mol. The van der Waals surface area contributed by atoms with Crippen molar-refractivity contribution < 1.29 is 9.32 Å². The van der Waals surface area contributed by atoms with E-state index in [1.807, 2.05) is 74.0 Å². The molecule has 0 aliphatic heterocycles. The van der Waals surface area contributed by atoms with E-state index >= 15 is 0 Å². The fraction of sp³-hybridized carbons (Fsp3) is 0.190. The van der Waals surface area contributed by atoms with Crippen molar-refractivity contribution in [2.24, 2.45) is 0 Å². The van der Waals surface area contributed by atoms with E-state index < -0.39 is 0 Å². The number of pyridine rings is 1. The maximum Gasteiger partial charge on any atom is 0.324 e. The minimum Gasteiger partial charge on any atom is -0.359 e. The Labute approximate surface area is 162 Å². The van der Waals surface area contributed by atoms with Gasteiger partial charge in [-0.25, -0.2) is 9.78 Å². The number of carbonyl (C=O) groups excluding carboxylic acids is 1. The van der Waals surface area contributed by atoms with Crippen LogP contribution in [0.15, 0.2) is 65.4 Å². The molecule has 142 valence electrons. The zero-order chi connectivity index (χ0) is 19.7. The van der Waals surface area contributed by atoms with Gasteiger partial charge in [0.25, 0.3) is 0 Å². The highest BCUT2D eigenvalue weighted by Gasteiger charge is 2.20. The van der Waals surface area contributed by atoms with Crippen LogP contribution >= 0.6 is 0 Å². The molecule has 0 radical (unpaired) electrons. The van der Waals surface area contributed by atoms with E-state index in [-0.39, 0.29) is 11.4 Å². The first kappa shape index (κ1) is 17.8. The summed E-state index contributed by atoms with van der Waals surface area (Å²) in [5.74, 6) is 1.09. The summed E-state index contributed by atoms with van der Waals surface area (Å²) >= 11 is 0. The average molecular weight is 375 g/mol. The number of fused-ring (bicyclic) bond motifs is 1. The summed E-state index contributed by atoms with van der Waals surface area (Å²) in [6.07, 6.45) is 3.75. The van der Waals surface area contributed by atoms with Gasteiger partial charge < -0.3 is 14.4 Å². The van der Waals surface area contributed by atoms with Crippen molar-refractivity contribution in [3.05, 3.63) is 66.7 Å². The third kappa shape index (κ3) is 3.59. The van der Waals surface area contributed by atoms with Crippen LogP contribution in [-0.4, -0.2) is 20.7 Å². The van der Waals surface area contributed by atoms with E-state index in [0.29, 0.717) is 17.3 Å². The largest absolute Gasteiger partial charge is 0.359 e. The minimum atomic E-state index is -0.380. The molecule has 0 aliphatic rings. The van der Waals surface area contributed by atoms with Gasteiger partial charge in [0.1, 0.15) is 11.4 Å². The van der Waals surface area contributed by atoms with E-state index in [4.69, 9.17) is 4.52 Å². The van der Waals surface area contributed by atoms with Crippen LogP contribution in [0.4, 0.5) is 16.3 Å². The van der Waals surface area contributed by atoms with Crippen molar-refractivity contribution in [1.82, 2.24) is 14.7 Å². The molecule has 2 N–H and O–H groups in total. The summed E-state index contributed by atoms with van der Waals surface area (Å²) in [5.41, 5.74) is 2.36. The SMILES string of the molecule is CC(C)(C)c1cc(NC(=O)Nc2ccc(-n3ccc4cccnc43)cc2)no1. The summed E-state index contributed by atoms with van der Waals surface area (Å²) in [6.45, 7) is 6.05. The molecule has 0 bridgehead atoms. The van der Waals surface area contributed by atoms with Crippen LogP contribution in [0, 0.1) is 0 Å². The van der Waals surface area contributed by atoms with Gasteiger partial charge in [-0.1, -0.05) is 25.9 Å². The summed E-state index contributed by atoms with van der Waals surface area (Å²) in [5, 5.41) is 10.4. The van der Waals surface area contributed by atoms with Gasteiger partial charge in [-0.05, 0) is 42.5 Å². The second kappa shape index (κ2) is 6.84. The van der Waals surface area contributed by atoms with Crippen molar-refractivity contribution in [2.75, 3.05) is 10.6 Å². The quantitative estimate of drug-likeness (QED) is 0.530. The Morgan fingerprint density at radius 1 is 1.07 bits per heavy atom. The third-order valence-electron chi connectivity index (χ3n) is 4.34. The molecule has 0 saturated carbocycles. The zero-order valence-corrected chi connectivity index (χ0v) is 15.9. The lowest BCUT2D eigenvalue weighted by molar-refractivity contribution is 0.262. The fourth-order valence-corrected chi connectivity index (χ4v) is 2.85. The molecule has 1 aromatic carbocycles. The standard InChI is InChI=1S/C21H21N5O2/c1-21(2,3)17-13-18(25-28-17)24-20(27)23-15-6-8-16(9-7-15)26-12-10-14-5-4-11-22-19(14)26/h4-13H,1-3H3,(H2,23,24,25,27). The zero-order valence-electron chi connectivity index (χ0n) is 15.9. The molecular formula is C21H21N5O2. The Kier molecular flexibility index (Phi) is 4.35. The van der Waals surface area contributed by atoms with Crippen LogP contribution in [-0.2, 0) is 5.41 Å². The number of urea groups is 1. The first-order valence-electron chi connectivity index (χ1n) is 8.98. The van der Waals surface area contributed by atoms with Crippen molar-refractivity contribution in [2.45, 2.75) is 26.2 Å². The number of nitrogens with zero attached hydrogens (tertiary/aromatic N) is 3. The first-order valence-corrected chi connectivity index (χ1v) is 8.98. The van der Waals surface area contributed by atoms with Crippen molar-refractivity contribution >= 4 is 28.6 Å². The Hall–Kier alpha value is -3.61. The molecule has 7 nitrogen and oxygen atoms in total. The summed E-state index contributed by atoms with van der Waals surface area (Å²) in [4.78, 5) is 16.6. The molecule has 0 saturated heterocycles. The second-order valence-electron chi connectivity index (χ2n) is 7.55. The lowest BCUT2D eigenvalue weighted by Crippen LogP contribution is -2.19. The van der Waals surface area contributed by atoms with Gasteiger partial charge in [-0.2, -0.15) is 0 Å². The molecule has 4 rings (SSSR count). The molecule has 0 atom stereocenters. The summed E-state index contributed by atoms with van der Waals surface area (Å²) in [6, 6.07) is 14.8. The van der Waals surface area contributed by atoms with Gasteiger partial charge in [0.15, 0.2) is 5.82 Å². The average Bonchev–Trinajstić information content (AvgIpc) is 3.29. The number of rotatable bonds is 3. The highest BCUT2D eigenvalue weighted by Crippen LogP contribution is 2.24. The van der Waals surface area contributed by atoms with Gasteiger partial charge in [0, 0.05) is 40.6 Å². The van der Waals surface area contributed by atoms with Gasteiger partial charge in [-0.15, -0.1) is 0 Å². The van der Waals surface area contributed by atoms with Crippen molar-refractivity contribution in [3.63, 3.8) is 0 Å². The first-order chi connectivity index (χ1) is 13.4. The Morgan fingerprint density at radius 3 is 2.57 bits per heavy atom. The number of aromatic nitrogens is 3. The highest BCUT2D eigenvalue weighted by molar-refractivity contribution is 5.99. The Morgan fingerprint density at radius 2 is 1.86 bits per heavy atom. The number of carbonyl (C=O) groups is 1. The van der Waals surface area contributed by atoms with E-state index in [9.17, 15) is 4.79 Å².